The van der Waals surface area contributed by atoms with Crippen molar-refractivity contribution < 1.29 is 9.90 Å². The van der Waals surface area contributed by atoms with Crippen molar-refractivity contribution in [1.29, 1.82) is 0 Å². The highest BCUT2D eigenvalue weighted by Gasteiger charge is 2.10. The molecule has 1 N–H and O–H groups in total. The van der Waals surface area contributed by atoms with Crippen LogP contribution >= 0.6 is 0 Å². The van der Waals surface area contributed by atoms with Crippen molar-refractivity contribution in [3.05, 3.63) is 41.5 Å². The van der Waals surface area contributed by atoms with Crippen LogP contribution in [-0.2, 0) is 6.42 Å². The maximum atomic E-state index is 11.2. The Morgan fingerprint density at radius 3 is 2.29 bits per heavy atom. The predicted octanol–water partition coefficient (Wildman–Crippen LogP) is 5.71. The molecule has 116 valence electrons. The molecule has 0 radical (unpaired) electrons. The SMILES string of the molecule is C=Cc1c(CCCCCCCCCC)cccc1C(=O)O. The lowest BCUT2D eigenvalue weighted by Crippen LogP contribution is -2.02. The van der Waals surface area contributed by atoms with E-state index >= 15 is 0 Å². The van der Waals surface area contributed by atoms with E-state index in [9.17, 15) is 9.90 Å². The number of carboxylic acid groups (broad SMARTS) is 1. The Balaban J connectivity index is 2.37. The summed E-state index contributed by atoms with van der Waals surface area (Å²) in [5, 5.41) is 9.19. The normalized spacial score (nSPS) is 10.5. The third-order valence-corrected chi connectivity index (χ3v) is 3.93. The van der Waals surface area contributed by atoms with Crippen LogP contribution in [0.15, 0.2) is 24.8 Å². The van der Waals surface area contributed by atoms with Gasteiger partial charge in [-0.15, -0.1) is 0 Å². The molecule has 2 heteroatoms. The molecule has 0 unspecified atom stereocenters. The van der Waals surface area contributed by atoms with E-state index < -0.39 is 5.97 Å². The zero-order chi connectivity index (χ0) is 15.5. The van der Waals surface area contributed by atoms with Crippen LogP contribution in [0, 0.1) is 0 Å². The number of aryl methyl sites for hydroxylation is 1. The lowest BCUT2D eigenvalue weighted by atomic mass is 9.96. The first-order valence-electron chi connectivity index (χ1n) is 8.18. The monoisotopic (exact) mass is 288 g/mol. The second-order valence-electron chi connectivity index (χ2n) is 5.61. The van der Waals surface area contributed by atoms with Gasteiger partial charge in [-0.2, -0.15) is 0 Å². The van der Waals surface area contributed by atoms with Crippen LogP contribution in [0.3, 0.4) is 0 Å². The fraction of sp³-hybridized carbons (Fsp3) is 0.526. The fourth-order valence-electron chi connectivity index (χ4n) is 2.71. The highest BCUT2D eigenvalue weighted by molar-refractivity contribution is 5.92. The molecule has 2 nitrogen and oxygen atoms in total. The van der Waals surface area contributed by atoms with Crippen LogP contribution in [0.1, 0.15) is 79.8 Å². The maximum absolute atomic E-state index is 11.2. The molecule has 1 aromatic rings. The number of aromatic carboxylic acids is 1. The van der Waals surface area contributed by atoms with Gasteiger partial charge in [0.2, 0.25) is 0 Å². The maximum Gasteiger partial charge on any atom is 0.336 e. The van der Waals surface area contributed by atoms with Gasteiger partial charge in [0, 0.05) is 0 Å². The van der Waals surface area contributed by atoms with Gasteiger partial charge in [0.05, 0.1) is 5.56 Å². The van der Waals surface area contributed by atoms with Crippen molar-refractivity contribution in [3.8, 4) is 0 Å². The average molecular weight is 288 g/mol. The Kier molecular flexibility index (Phi) is 8.49. The van der Waals surface area contributed by atoms with Crippen LogP contribution < -0.4 is 0 Å². The number of carbonyl (C=O) groups is 1. The van der Waals surface area contributed by atoms with Gasteiger partial charge in [0.1, 0.15) is 0 Å². The first kappa shape index (κ1) is 17.5. The van der Waals surface area contributed by atoms with Crippen molar-refractivity contribution in [3.63, 3.8) is 0 Å². The quantitative estimate of drug-likeness (QED) is 0.529. The first-order valence-corrected chi connectivity index (χ1v) is 8.18. The van der Waals surface area contributed by atoms with E-state index in [0.717, 1.165) is 24.0 Å². The summed E-state index contributed by atoms with van der Waals surface area (Å²) in [6.45, 7) is 6.00. The largest absolute Gasteiger partial charge is 0.478 e. The molecule has 0 aromatic heterocycles. The summed E-state index contributed by atoms with van der Waals surface area (Å²) in [6.07, 6.45) is 12.9. The molecular weight excluding hydrogens is 260 g/mol. The zero-order valence-corrected chi connectivity index (χ0v) is 13.2. The molecular formula is C19H28O2. The van der Waals surface area contributed by atoms with E-state index in [1.54, 1.807) is 12.1 Å². The molecule has 1 aromatic carbocycles. The molecule has 0 bridgehead atoms. The van der Waals surface area contributed by atoms with Crippen LogP contribution in [0.4, 0.5) is 0 Å². The average Bonchev–Trinajstić information content (AvgIpc) is 2.49. The van der Waals surface area contributed by atoms with E-state index in [4.69, 9.17) is 0 Å². The second-order valence-corrected chi connectivity index (χ2v) is 5.61. The van der Waals surface area contributed by atoms with Crippen molar-refractivity contribution in [2.75, 3.05) is 0 Å². The second kappa shape index (κ2) is 10.2. The van der Waals surface area contributed by atoms with Gasteiger partial charge in [-0.05, 0) is 30.0 Å². The minimum absolute atomic E-state index is 0.363. The zero-order valence-electron chi connectivity index (χ0n) is 13.2. The number of rotatable bonds is 11. The summed E-state index contributed by atoms with van der Waals surface area (Å²) >= 11 is 0. The Hall–Kier alpha value is -1.57. The lowest BCUT2D eigenvalue weighted by Gasteiger charge is -2.09. The molecule has 0 aliphatic heterocycles. The Labute approximate surface area is 128 Å². The summed E-state index contributed by atoms with van der Waals surface area (Å²) in [6, 6.07) is 5.50. The summed E-state index contributed by atoms with van der Waals surface area (Å²) in [7, 11) is 0. The van der Waals surface area contributed by atoms with Crippen molar-refractivity contribution >= 4 is 12.0 Å². The van der Waals surface area contributed by atoms with Crippen molar-refractivity contribution in [2.24, 2.45) is 0 Å². The third-order valence-electron chi connectivity index (χ3n) is 3.93. The van der Waals surface area contributed by atoms with Crippen LogP contribution in [0.2, 0.25) is 0 Å². The van der Waals surface area contributed by atoms with E-state index in [-0.39, 0.29) is 0 Å². The van der Waals surface area contributed by atoms with Crippen molar-refractivity contribution in [1.82, 2.24) is 0 Å². The summed E-state index contributed by atoms with van der Waals surface area (Å²) in [5.41, 5.74) is 2.26. The summed E-state index contributed by atoms with van der Waals surface area (Å²) in [4.78, 5) is 11.2. The fourth-order valence-corrected chi connectivity index (χ4v) is 2.71. The first-order chi connectivity index (χ1) is 10.2. The van der Waals surface area contributed by atoms with E-state index in [2.05, 4.69) is 13.5 Å². The van der Waals surface area contributed by atoms with Crippen LogP contribution in [-0.4, -0.2) is 11.1 Å². The van der Waals surface area contributed by atoms with E-state index in [1.807, 2.05) is 12.1 Å². The molecule has 1 rings (SSSR count). The van der Waals surface area contributed by atoms with Crippen LogP contribution in [0.25, 0.3) is 6.08 Å². The van der Waals surface area contributed by atoms with Gasteiger partial charge in [0.15, 0.2) is 0 Å². The third kappa shape index (κ3) is 6.16. The number of hydrogen-bond donors (Lipinski definition) is 1. The Morgan fingerprint density at radius 1 is 1.10 bits per heavy atom. The topological polar surface area (TPSA) is 37.3 Å². The minimum atomic E-state index is -0.873. The standard InChI is InChI=1S/C19H28O2/c1-3-5-6-7-8-9-10-11-13-16-14-12-15-18(19(20)21)17(16)4-2/h4,12,14-15H,2-3,5-11,13H2,1H3,(H,20,21). The minimum Gasteiger partial charge on any atom is -0.478 e. The highest BCUT2D eigenvalue weighted by atomic mass is 16.4. The molecule has 0 amide bonds. The van der Waals surface area contributed by atoms with E-state index in [1.165, 1.54) is 44.9 Å². The Morgan fingerprint density at radius 2 is 1.71 bits per heavy atom. The summed E-state index contributed by atoms with van der Waals surface area (Å²) in [5.74, 6) is -0.873. The molecule has 0 heterocycles. The smallest absolute Gasteiger partial charge is 0.336 e. The van der Waals surface area contributed by atoms with Gasteiger partial charge in [-0.25, -0.2) is 4.79 Å². The van der Waals surface area contributed by atoms with Gasteiger partial charge in [-0.3, -0.25) is 0 Å². The van der Waals surface area contributed by atoms with Crippen molar-refractivity contribution in [2.45, 2.75) is 64.7 Å². The highest BCUT2D eigenvalue weighted by Crippen LogP contribution is 2.19. The number of unbranched alkanes of at least 4 members (excludes halogenated alkanes) is 7. The molecule has 0 aliphatic rings. The molecule has 21 heavy (non-hydrogen) atoms. The number of benzene rings is 1. The van der Waals surface area contributed by atoms with E-state index in [0.29, 0.717) is 5.56 Å². The molecule has 0 saturated heterocycles. The van der Waals surface area contributed by atoms with Gasteiger partial charge in [0.25, 0.3) is 0 Å². The van der Waals surface area contributed by atoms with Gasteiger partial charge < -0.3 is 5.11 Å². The lowest BCUT2D eigenvalue weighted by molar-refractivity contribution is 0.0696. The predicted molar refractivity (Wildman–Crippen MR) is 89.8 cm³/mol. The Bertz CT molecular complexity index is 449. The number of carboxylic acids is 1. The van der Waals surface area contributed by atoms with Gasteiger partial charge >= 0.3 is 5.97 Å². The number of hydrogen-bond acceptors (Lipinski definition) is 1. The van der Waals surface area contributed by atoms with Crippen LogP contribution in [0.5, 0.6) is 0 Å². The summed E-state index contributed by atoms with van der Waals surface area (Å²) < 4.78 is 0. The molecule has 0 spiro atoms. The van der Waals surface area contributed by atoms with Gasteiger partial charge in [-0.1, -0.05) is 76.7 Å². The molecule has 0 saturated carbocycles. The molecule has 0 fully saturated rings. The molecule has 0 atom stereocenters. The molecule has 0 aliphatic carbocycles.